The molecule has 166 valence electrons. The average molecular weight is 431 g/mol. The Morgan fingerprint density at radius 2 is 1.72 bits per heavy atom. The lowest BCUT2D eigenvalue weighted by molar-refractivity contribution is -0.385. The van der Waals surface area contributed by atoms with Crippen molar-refractivity contribution >= 4 is 5.69 Å². The van der Waals surface area contributed by atoms with Crippen LogP contribution in [0.1, 0.15) is 48.0 Å². The molecule has 32 heavy (non-hydrogen) atoms. The van der Waals surface area contributed by atoms with Crippen molar-refractivity contribution in [2.45, 2.75) is 38.2 Å². The van der Waals surface area contributed by atoms with Gasteiger partial charge >= 0.3 is 0 Å². The maximum atomic E-state index is 11.1. The van der Waals surface area contributed by atoms with Crippen molar-refractivity contribution in [2.24, 2.45) is 0 Å². The first-order chi connectivity index (χ1) is 15.6. The van der Waals surface area contributed by atoms with Gasteiger partial charge in [0, 0.05) is 19.0 Å². The molecule has 1 aliphatic rings. The van der Waals surface area contributed by atoms with Crippen molar-refractivity contribution in [2.75, 3.05) is 19.6 Å². The number of aryl methyl sites for hydroxylation is 1. The zero-order valence-electron chi connectivity index (χ0n) is 18.5. The number of hydrogen-bond donors (Lipinski definition) is 0. The molecule has 3 aromatic rings. The number of non-ortho nitro benzene ring substituents is 1. The molecule has 0 unspecified atom stereocenters. The number of rotatable bonds is 8. The molecule has 0 saturated carbocycles. The number of nitro benzene ring substituents is 1. The Morgan fingerprint density at radius 3 is 2.44 bits per heavy atom. The van der Waals surface area contributed by atoms with E-state index in [1.165, 1.54) is 36.1 Å². The van der Waals surface area contributed by atoms with Crippen LogP contribution in [0.25, 0.3) is 0 Å². The lowest BCUT2D eigenvalue weighted by Crippen LogP contribution is -2.34. The van der Waals surface area contributed by atoms with Gasteiger partial charge < -0.3 is 9.64 Å². The summed E-state index contributed by atoms with van der Waals surface area (Å²) in [5.74, 6) is 1.17. The van der Waals surface area contributed by atoms with E-state index in [0.717, 1.165) is 31.6 Å². The molecule has 0 N–H and O–H groups in total. The van der Waals surface area contributed by atoms with Gasteiger partial charge in [0.15, 0.2) is 0 Å². The average Bonchev–Trinajstić information content (AvgIpc) is 2.83. The minimum absolute atomic E-state index is 0.0487. The van der Waals surface area contributed by atoms with Gasteiger partial charge in [-0.15, -0.1) is 0 Å². The van der Waals surface area contributed by atoms with E-state index in [-0.39, 0.29) is 16.7 Å². The van der Waals surface area contributed by atoms with Gasteiger partial charge in [-0.2, -0.15) is 0 Å². The topological polar surface area (TPSA) is 55.6 Å². The number of piperidine rings is 1. The molecule has 5 heteroatoms. The molecule has 4 rings (SSSR count). The van der Waals surface area contributed by atoms with Gasteiger partial charge in [0.1, 0.15) is 11.9 Å². The second-order valence-corrected chi connectivity index (χ2v) is 8.53. The van der Waals surface area contributed by atoms with Gasteiger partial charge in [0.25, 0.3) is 5.69 Å². The van der Waals surface area contributed by atoms with E-state index in [0.29, 0.717) is 11.7 Å². The van der Waals surface area contributed by atoms with Crippen LogP contribution in [0.3, 0.4) is 0 Å². The maximum absolute atomic E-state index is 11.1. The van der Waals surface area contributed by atoms with E-state index in [1.54, 1.807) is 12.1 Å². The molecular weight excluding hydrogens is 400 g/mol. The van der Waals surface area contributed by atoms with Gasteiger partial charge in [0.2, 0.25) is 0 Å². The molecule has 0 radical (unpaired) electrons. The molecule has 1 heterocycles. The second kappa shape index (κ2) is 10.4. The lowest BCUT2D eigenvalue weighted by atomic mass is 9.87. The fourth-order valence-corrected chi connectivity index (χ4v) is 4.61. The van der Waals surface area contributed by atoms with Crippen molar-refractivity contribution in [1.29, 1.82) is 0 Å². The Bertz CT molecular complexity index is 1030. The third-order valence-electron chi connectivity index (χ3n) is 6.40. The first-order valence-corrected chi connectivity index (χ1v) is 11.3. The minimum atomic E-state index is -0.386. The normalized spacial score (nSPS) is 15.9. The number of hydrogen-bond acceptors (Lipinski definition) is 4. The van der Waals surface area contributed by atoms with Crippen LogP contribution < -0.4 is 4.74 Å². The second-order valence-electron chi connectivity index (χ2n) is 8.53. The third kappa shape index (κ3) is 5.54. The highest BCUT2D eigenvalue weighted by Gasteiger charge is 2.23. The first-order valence-electron chi connectivity index (χ1n) is 11.3. The van der Waals surface area contributed by atoms with Gasteiger partial charge in [0.05, 0.1) is 11.0 Å². The number of likely N-dealkylation sites (tertiary alicyclic amines) is 1. The van der Waals surface area contributed by atoms with Gasteiger partial charge in [-0.05, 0) is 61.5 Å². The van der Waals surface area contributed by atoms with Crippen molar-refractivity contribution < 1.29 is 9.66 Å². The summed E-state index contributed by atoms with van der Waals surface area (Å²) in [6.07, 6.45) is 3.04. The summed E-state index contributed by atoms with van der Waals surface area (Å²) in [5.41, 5.74) is 4.02. The Morgan fingerprint density at radius 1 is 1.00 bits per heavy atom. The summed E-state index contributed by atoms with van der Waals surface area (Å²) in [7, 11) is 0. The molecule has 0 amide bonds. The van der Waals surface area contributed by atoms with Crippen LogP contribution in [0.5, 0.6) is 5.75 Å². The van der Waals surface area contributed by atoms with Crippen LogP contribution in [0.15, 0.2) is 78.9 Å². The Labute approximate surface area is 189 Å². The SMILES string of the molecule is Cc1ccccc1C1CCN(CC[C@@H](Oc2cccc([N+](=O)[O-])c2)c2ccccc2)CC1. The zero-order valence-corrected chi connectivity index (χ0v) is 18.5. The van der Waals surface area contributed by atoms with Crippen molar-refractivity contribution in [3.63, 3.8) is 0 Å². The van der Waals surface area contributed by atoms with E-state index >= 15 is 0 Å². The fourth-order valence-electron chi connectivity index (χ4n) is 4.61. The van der Waals surface area contributed by atoms with Crippen LogP contribution in [0.2, 0.25) is 0 Å². The van der Waals surface area contributed by atoms with Crippen molar-refractivity contribution in [1.82, 2.24) is 4.90 Å². The van der Waals surface area contributed by atoms with Crippen molar-refractivity contribution in [3.8, 4) is 5.75 Å². The molecule has 3 aromatic carbocycles. The maximum Gasteiger partial charge on any atom is 0.273 e. The van der Waals surface area contributed by atoms with Gasteiger partial charge in [-0.25, -0.2) is 0 Å². The number of benzene rings is 3. The predicted molar refractivity (Wildman–Crippen MR) is 127 cm³/mol. The quantitative estimate of drug-likeness (QED) is 0.311. The number of nitro groups is 1. The van der Waals surface area contributed by atoms with E-state index in [1.807, 2.05) is 18.2 Å². The predicted octanol–water partition coefficient (Wildman–Crippen LogP) is 6.29. The highest BCUT2D eigenvalue weighted by atomic mass is 16.6. The molecule has 0 aliphatic carbocycles. The zero-order chi connectivity index (χ0) is 22.3. The van der Waals surface area contributed by atoms with Crippen LogP contribution in [-0.4, -0.2) is 29.5 Å². The summed E-state index contributed by atoms with van der Waals surface area (Å²) in [6, 6.07) is 25.3. The summed E-state index contributed by atoms with van der Waals surface area (Å²) in [6.45, 7) is 5.31. The molecule has 0 aromatic heterocycles. The highest BCUT2D eigenvalue weighted by molar-refractivity contribution is 5.38. The van der Waals surface area contributed by atoms with Crippen LogP contribution >= 0.6 is 0 Å². The first kappa shape index (κ1) is 22.0. The lowest BCUT2D eigenvalue weighted by Gasteiger charge is -2.33. The number of ether oxygens (including phenoxy) is 1. The van der Waals surface area contributed by atoms with Gasteiger partial charge in [-0.1, -0.05) is 60.7 Å². The minimum Gasteiger partial charge on any atom is -0.485 e. The van der Waals surface area contributed by atoms with E-state index < -0.39 is 0 Å². The monoisotopic (exact) mass is 430 g/mol. The third-order valence-corrected chi connectivity index (χ3v) is 6.40. The molecule has 0 bridgehead atoms. The number of nitrogens with zero attached hydrogens (tertiary/aromatic N) is 2. The summed E-state index contributed by atoms with van der Waals surface area (Å²) in [5, 5.41) is 11.1. The Hall–Kier alpha value is -3.18. The fraction of sp³-hybridized carbons (Fsp3) is 0.333. The van der Waals surface area contributed by atoms with Crippen LogP contribution in [-0.2, 0) is 0 Å². The Balaban J connectivity index is 1.39. The molecule has 0 spiro atoms. The summed E-state index contributed by atoms with van der Waals surface area (Å²) in [4.78, 5) is 13.3. The molecular formula is C27H30N2O3. The van der Waals surface area contributed by atoms with Crippen LogP contribution in [0, 0.1) is 17.0 Å². The smallest absolute Gasteiger partial charge is 0.273 e. The summed E-state index contributed by atoms with van der Waals surface area (Å²) >= 11 is 0. The molecule has 5 nitrogen and oxygen atoms in total. The molecule has 1 aliphatic heterocycles. The highest BCUT2D eigenvalue weighted by Crippen LogP contribution is 2.32. The molecule has 1 saturated heterocycles. The van der Waals surface area contributed by atoms with Crippen molar-refractivity contribution in [3.05, 3.63) is 106 Å². The van der Waals surface area contributed by atoms with Gasteiger partial charge in [-0.3, -0.25) is 10.1 Å². The van der Waals surface area contributed by atoms with Crippen LogP contribution in [0.4, 0.5) is 5.69 Å². The summed E-state index contributed by atoms with van der Waals surface area (Å²) < 4.78 is 6.26. The van der Waals surface area contributed by atoms with E-state index in [4.69, 9.17) is 4.74 Å². The van der Waals surface area contributed by atoms with E-state index in [2.05, 4.69) is 48.2 Å². The molecule has 1 fully saturated rings. The molecule has 1 atom stereocenters. The Kier molecular flexibility index (Phi) is 7.17. The largest absolute Gasteiger partial charge is 0.485 e. The van der Waals surface area contributed by atoms with E-state index in [9.17, 15) is 10.1 Å². The standard InChI is InChI=1S/C27H30N2O3/c1-21-8-5-6-13-26(21)22-14-17-28(18-15-22)19-16-27(23-9-3-2-4-10-23)32-25-12-7-11-24(20-25)29(30)31/h2-13,20,22,27H,14-19H2,1H3/t27-/m1/s1.